The number of aryl methyl sites for hydroxylation is 1. The van der Waals surface area contributed by atoms with E-state index in [0.29, 0.717) is 11.7 Å². The van der Waals surface area contributed by atoms with Gasteiger partial charge in [-0.2, -0.15) is 0 Å². The summed E-state index contributed by atoms with van der Waals surface area (Å²) < 4.78 is 0.963. The van der Waals surface area contributed by atoms with Gasteiger partial charge in [0.25, 0.3) is 0 Å². The number of nitrogens with zero attached hydrogens (tertiary/aromatic N) is 2. The Hall–Kier alpha value is -1.17. The molecule has 0 amide bonds. The van der Waals surface area contributed by atoms with E-state index >= 15 is 0 Å². The number of nitrogens with two attached hydrogens (primary N) is 1. The lowest BCUT2D eigenvalue weighted by molar-refractivity contribution is 0.647. The molecule has 0 spiro atoms. The predicted octanol–water partition coefficient (Wildman–Crippen LogP) is 4.09. The van der Waals surface area contributed by atoms with Crippen molar-refractivity contribution in [3.05, 3.63) is 39.1 Å². The van der Waals surface area contributed by atoms with E-state index in [1.165, 1.54) is 5.56 Å². The second-order valence-electron chi connectivity index (χ2n) is 5.34. The van der Waals surface area contributed by atoms with Crippen LogP contribution >= 0.6 is 22.6 Å². The molecule has 1 aromatic heterocycles. The van der Waals surface area contributed by atoms with Crippen LogP contribution < -0.4 is 5.73 Å². The van der Waals surface area contributed by atoms with E-state index in [0.717, 1.165) is 33.5 Å². The molecule has 4 heteroatoms. The van der Waals surface area contributed by atoms with Crippen molar-refractivity contribution in [2.75, 3.05) is 5.73 Å². The van der Waals surface area contributed by atoms with Gasteiger partial charge in [0.05, 0.1) is 9.26 Å². The Kier molecular flexibility index (Phi) is 4.96. The monoisotopic (exact) mass is 381 g/mol. The highest BCUT2D eigenvalue weighted by Crippen LogP contribution is 2.23. The van der Waals surface area contributed by atoms with Crippen molar-refractivity contribution in [1.82, 2.24) is 9.97 Å². The summed E-state index contributed by atoms with van der Waals surface area (Å²) in [6.45, 7) is 6.54. The Morgan fingerprint density at radius 2 is 1.80 bits per heavy atom. The molecule has 0 unspecified atom stereocenters. The van der Waals surface area contributed by atoms with E-state index in [4.69, 9.17) is 5.73 Å². The third-order valence-electron chi connectivity index (χ3n) is 3.14. The van der Waals surface area contributed by atoms with Gasteiger partial charge in [0, 0.05) is 5.56 Å². The van der Waals surface area contributed by atoms with Crippen molar-refractivity contribution in [3.8, 4) is 11.4 Å². The Morgan fingerprint density at radius 3 is 2.35 bits per heavy atom. The first-order chi connectivity index (χ1) is 9.51. The average molecular weight is 381 g/mol. The van der Waals surface area contributed by atoms with Crippen molar-refractivity contribution in [1.29, 1.82) is 0 Å². The van der Waals surface area contributed by atoms with Crippen LogP contribution in [0.25, 0.3) is 11.4 Å². The topological polar surface area (TPSA) is 51.8 Å². The minimum absolute atomic E-state index is 0.568. The second-order valence-corrected chi connectivity index (χ2v) is 6.42. The van der Waals surface area contributed by atoms with Crippen molar-refractivity contribution >= 4 is 28.4 Å². The van der Waals surface area contributed by atoms with Crippen LogP contribution in [0.2, 0.25) is 0 Å². The molecular weight excluding hydrogens is 361 g/mol. The van der Waals surface area contributed by atoms with E-state index in [1.54, 1.807) is 0 Å². The van der Waals surface area contributed by atoms with Crippen LogP contribution in [0.3, 0.4) is 0 Å². The highest BCUT2D eigenvalue weighted by Gasteiger charge is 2.10. The highest BCUT2D eigenvalue weighted by molar-refractivity contribution is 14.1. The smallest absolute Gasteiger partial charge is 0.161 e. The number of rotatable bonds is 4. The summed E-state index contributed by atoms with van der Waals surface area (Å²) in [6.07, 6.45) is 1.96. The molecule has 0 saturated carbocycles. The largest absolute Gasteiger partial charge is 0.383 e. The number of nitrogen functional groups attached to an aromatic ring is 1. The molecule has 0 saturated heterocycles. The van der Waals surface area contributed by atoms with Crippen molar-refractivity contribution in [3.63, 3.8) is 0 Å². The van der Waals surface area contributed by atoms with Crippen LogP contribution in [0.15, 0.2) is 24.3 Å². The molecule has 0 bridgehead atoms. The first-order valence-corrected chi connectivity index (χ1v) is 8.00. The van der Waals surface area contributed by atoms with Gasteiger partial charge >= 0.3 is 0 Å². The fraction of sp³-hybridized carbons (Fsp3) is 0.375. The quantitative estimate of drug-likeness (QED) is 0.812. The molecule has 2 N–H and O–H groups in total. The van der Waals surface area contributed by atoms with Gasteiger partial charge in [-0.25, -0.2) is 9.97 Å². The first kappa shape index (κ1) is 15.2. The fourth-order valence-corrected chi connectivity index (χ4v) is 2.76. The maximum absolute atomic E-state index is 5.97. The molecule has 106 valence electrons. The zero-order valence-corrected chi connectivity index (χ0v) is 14.3. The lowest BCUT2D eigenvalue weighted by Gasteiger charge is -2.09. The third-order valence-corrected chi connectivity index (χ3v) is 4.31. The maximum Gasteiger partial charge on any atom is 0.161 e. The summed E-state index contributed by atoms with van der Waals surface area (Å²) in [5, 5.41) is 0. The van der Waals surface area contributed by atoms with Gasteiger partial charge in [0.2, 0.25) is 0 Å². The van der Waals surface area contributed by atoms with Crippen molar-refractivity contribution in [2.24, 2.45) is 5.92 Å². The van der Waals surface area contributed by atoms with Crippen LogP contribution in [0.5, 0.6) is 0 Å². The zero-order chi connectivity index (χ0) is 14.7. The van der Waals surface area contributed by atoms with E-state index in [2.05, 4.69) is 77.6 Å². The summed E-state index contributed by atoms with van der Waals surface area (Å²) in [4.78, 5) is 9.02. The number of benzene rings is 1. The highest BCUT2D eigenvalue weighted by atomic mass is 127. The molecular formula is C16H20IN3. The van der Waals surface area contributed by atoms with Gasteiger partial charge in [0.1, 0.15) is 5.82 Å². The van der Waals surface area contributed by atoms with E-state index < -0.39 is 0 Å². The molecule has 0 aliphatic heterocycles. The summed E-state index contributed by atoms with van der Waals surface area (Å²) >= 11 is 2.21. The zero-order valence-electron chi connectivity index (χ0n) is 12.2. The van der Waals surface area contributed by atoms with Gasteiger partial charge in [0.15, 0.2) is 5.82 Å². The predicted molar refractivity (Wildman–Crippen MR) is 92.5 cm³/mol. The minimum atomic E-state index is 0.568. The summed E-state index contributed by atoms with van der Waals surface area (Å²) in [7, 11) is 0. The Bertz CT molecular complexity index is 591. The number of aromatic nitrogens is 2. The number of hydrogen-bond donors (Lipinski definition) is 1. The summed E-state index contributed by atoms with van der Waals surface area (Å²) in [6, 6.07) is 8.47. The molecule has 0 fully saturated rings. The maximum atomic E-state index is 5.97. The van der Waals surface area contributed by atoms with Gasteiger partial charge in [-0.15, -0.1) is 0 Å². The average Bonchev–Trinajstić information content (AvgIpc) is 2.42. The molecule has 0 aliphatic rings. The first-order valence-electron chi connectivity index (χ1n) is 6.92. The molecule has 0 radical (unpaired) electrons. The Balaban J connectivity index is 2.34. The van der Waals surface area contributed by atoms with E-state index in [-0.39, 0.29) is 0 Å². The van der Waals surface area contributed by atoms with Gasteiger partial charge < -0.3 is 5.73 Å². The number of hydrogen-bond acceptors (Lipinski definition) is 3. The lowest BCUT2D eigenvalue weighted by atomic mass is 10.0. The van der Waals surface area contributed by atoms with Gasteiger partial charge in [-0.1, -0.05) is 45.0 Å². The van der Waals surface area contributed by atoms with Crippen LogP contribution in [0.4, 0.5) is 5.82 Å². The molecule has 20 heavy (non-hydrogen) atoms. The third kappa shape index (κ3) is 3.48. The Morgan fingerprint density at radius 1 is 1.15 bits per heavy atom. The molecule has 3 nitrogen and oxygen atoms in total. The van der Waals surface area contributed by atoms with Crippen LogP contribution in [-0.4, -0.2) is 9.97 Å². The molecule has 1 heterocycles. The molecule has 2 aromatic rings. The van der Waals surface area contributed by atoms with Crippen LogP contribution in [0.1, 0.15) is 32.0 Å². The molecule has 1 aromatic carbocycles. The SMILES string of the molecule is CCc1nc(-c2ccc(CC(C)C)cc2)nc(N)c1I. The fourth-order valence-electron chi connectivity index (χ4n) is 2.14. The van der Waals surface area contributed by atoms with Crippen molar-refractivity contribution < 1.29 is 0 Å². The summed E-state index contributed by atoms with van der Waals surface area (Å²) in [5.41, 5.74) is 9.35. The lowest BCUT2D eigenvalue weighted by Crippen LogP contribution is -2.04. The van der Waals surface area contributed by atoms with Gasteiger partial charge in [-0.05, 0) is 46.9 Å². The second kappa shape index (κ2) is 6.52. The summed E-state index contributed by atoms with van der Waals surface area (Å²) in [5.74, 6) is 1.95. The van der Waals surface area contributed by atoms with Crippen LogP contribution in [-0.2, 0) is 12.8 Å². The van der Waals surface area contributed by atoms with Crippen LogP contribution in [0, 0.1) is 9.49 Å². The minimum Gasteiger partial charge on any atom is -0.383 e. The van der Waals surface area contributed by atoms with E-state index in [1.807, 2.05) is 0 Å². The molecule has 2 rings (SSSR count). The molecule has 0 atom stereocenters. The van der Waals surface area contributed by atoms with Crippen molar-refractivity contribution in [2.45, 2.75) is 33.6 Å². The molecule has 0 aliphatic carbocycles. The number of halogens is 1. The number of anilines is 1. The van der Waals surface area contributed by atoms with Gasteiger partial charge in [-0.3, -0.25) is 0 Å². The van der Waals surface area contributed by atoms with E-state index in [9.17, 15) is 0 Å². The normalized spacial score (nSPS) is 11.1. The standard InChI is InChI=1S/C16H20IN3/c1-4-13-14(17)15(18)20-16(19-13)12-7-5-11(6-8-12)9-10(2)3/h5-8,10H,4,9H2,1-3H3,(H2,18,19,20). The Labute approximate surface area is 134 Å².